The van der Waals surface area contributed by atoms with Gasteiger partial charge in [0.2, 0.25) is 0 Å². The lowest BCUT2D eigenvalue weighted by Crippen LogP contribution is -2.18. The van der Waals surface area contributed by atoms with Crippen LogP contribution in [0.1, 0.15) is 25.3 Å². The molecule has 0 aliphatic heterocycles. The van der Waals surface area contributed by atoms with Crippen molar-refractivity contribution in [3.63, 3.8) is 0 Å². The van der Waals surface area contributed by atoms with Crippen LogP contribution in [0.4, 0.5) is 5.82 Å². The summed E-state index contributed by atoms with van der Waals surface area (Å²) < 4.78 is 2.03. The second-order valence-corrected chi connectivity index (χ2v) is 7.81. The van der Waals surface area contributed by atoms with E-state index in [1.54, 1.807) is 0 Å². The number of hydrogen-bond donors (Lipinski definition) is 1. The van der Waals surface area contributed by atoms with Gasteiger partial charge in [-0.1, -0.05) is 48.5 Å². The van der Waals surface area contributed by atoms with Crippen molar-refractivity contribution in [2.75, 3.05) is 5.73 Å². The van der Waals surface area contributed by atoms with E-state index in [1.807, 2.05) is 22.9 Å². The molecule has 5 aromatic rings. The number of hydrogen-bond acceptors (Lipinski definition) is 5. The van der Waals surface area contributed by atoms with Crippen LogP contribution in [0.15, 0.2) is 67.0 Å². The molecule has 3 aromatic heterocycles. The quantitative estimate of drug-likeness (QED) is 0.466. The summed E-state index contributed by atoms with van der Waals surface area (Å²) >= 11 is 0. The minimum Gasteiger partial charge on any atom is -0.383 e. The van der Waals surface area contributed by atoms with Crippen molar-refractivity contribution >= 4 is 27.8 Å². The highest BCUT2D eigenvalue weighted by atomic mass is 15.3. The SMILES string of the molecule is Nc1ncnc2c1c(-c1ccc3ccc(-c4ccccc4)nc3c1)nn2C1CCC1. The molecule has 0 saturated heterocycles. The average Bonchev–Trinajstić information content (AvgIpc) is 3.13. The Hall–Kier alpha value is -3.80. The molecule has 2 N–H and O–H groups in total. The predicted octanol–water partition coefficient (Wildman–Crippen LogP) is 5.02. The van der Waals surface area contributed by atoms with Crippen molar-refractivity contribution in [2.45, 2.75) is 25.3 Å². The highest BCUT2D eigenvalue weighted by Gasteiger charge is 2.26. The Kier molecular flexibility index (Phi) is 3.77. The van der Waals surface area contributed by atoms with E-state index in [-0.39, 0.29) is 0 Å². The first-order valence-corrected chi connectivity index (χ1v) is 10.2. The summed E-state index contributed by atoms with van der Waals surface area (Å²) in [6, 6.07) is 21.0. The first kappa shape index (κ1) is 17.1. The van der Waals surface area contributed by atoms with Crippen molar-refractivity contribution in [1.82, 2.24) is 24.7 Å². The number of pyridine rings is 1. The van der Waals surface area contributed by atoms with Gasteiger partial charge in [0.05, 0.1) is 22.6 Å². The van der Waals surface area contributed by atoms with Crippen molar-refractivity contribution in [3.8, 4) is 22.5 Å². The molecule has 0 amide bonds. The Morgan fingerprint density at radius 1 is 0.900 bits per heavy atom. The van der Waals surface area contributed by atoms with Crippen LogP contribution >= 0.6 is 0 Å². The van der Waals surface area contributed by atoms with Gasteiger partial charge in [0.1, 0.15) is 17.8 Å². The Balaban J connectivity index is 1.53. The van der Waals surface area contributed by atoms with Gasteiger partial charge in [-0.25, -0.2) is 19.6 Å². The van der Waals surface area contributed by atoms with E-state index in [0.29, 0.717) is 11.9 Å². The second kappa shape index (κ2) is 6.62. The average molecular weight is 392 g/mol. The Bertz CT molecular complexity index is 1390. The summed E-state index contributed by atoms with van der Waals surface area (Å²) in [6.45, 7) is 0. The van der Waals surface area contributed by atoms with E-state index in [2.05, 4.69) is 52.4 Å². The van der Waals surface area contributed by atoms with Gasteiger partial charge in [0.25, 0.3) is 0 Å². The van der Waals surface area contributed by atoms with E-state index in [0.717, 1.165) is 57.3 Å². The number of fused-ring (bicyclic) bond motifs is 2. The number of nitrogen functional groups attached to an aromatic ring is 1. The summed E-state index contributed by atoms with van der Waals surface area (Å²) in [7, 11) is 0. The Morgan fingerprint density at radius 2 is 1.73 bits per heavy atom. The van der Waals surface area contributed by atoms with Gasteiger partial charge in [-0.3, -0.25) is 0 Å². The molecule has 0 bridgehead atoms. The van der Waals surface area contributed by atoms with E-state index in [9.17, 15) is 0 Å². The molecule has 6 heteroatoms. The van der Waals surface area contributed by atoms with E-state index >= 15 is 0 Å². The number of rotatable bonds is 3. The van der Waals surface area contributed by atoms with Crippen molar-refractivity contribution in [2.24, 2.45) is 0 Å². The van der Waals surface area contributed by atoms with Crippen LogP contribution in [0.25, 0.3) is 44.5 Å². The number of benzene rings is 2. The maximum Gasteiger partial charge on any atom is 0.164 e. The lowest BCUT2D eigenvalue weighted by Gasteiger charge is -2.25. The fraction of sp³-hybridized carbons (Fsp3) is 0.167. The third-order valence-electron chi connectivity index (χ3n) is 5.97. The van der Waals surface area contributed by atoms with Crippen molar-refractivity contribution < 1.29 is 0 Å². The Labute approximate surface area is 173 Å². The van der Waals surface area contributed by atoms with Gasteiger partial charge < -0.3 is 5.73 Å². The lowest BCUT2D eigenvalue weighted by atomic mass is 9.93. The number of nitrogens with two attached hydrogens (primary N) is 1. The van der Waals surface area contributed by atoms with Crippen LogP contribution in [0.5, 0.6) is 0 Å². The summed E-state index contributed by atoms with van der Waals surface area (Å²) in [5.74, 6) is 0.465. The molecule has 1 saturated carbocycles. The zero-order valence-corrected chi connectivity index (χ0v) is 16.4. The van der Waals surface area contributed by atoms with Crippen LogP contribution in [0.2, 0.25) is 0 Å². The summed E-state index contributed by atoms with van der Waals surface area (Å²) in [5, 5.41) is 6.85. The van der Waals surface area contributed by atoms with Crippen LogP contribution < -0.4 is 5.73 Å². The molecule has 146 valence electrons. The molecule has 30 heavy (non-hydrogen) atoms. The number of nitrogens with zero attached hydrogens (tertiary/aromatic N) is 5. The molecule has 2 aromatic carbocycles. The molecule has 3 heterocycles. The van der Waals surface area contributed by atoms with Gasteiger partial charge in [0, 0.05) is 16.5 Å². The van der Waals surface area contributed by atoms with Crippen LogP contribution in [-0.2, 0) is 0 Å². The fourth-order valence-corrected chi connectivity index (χ4v) is 4.12. The number of aromatic nitrogens is 5. The maximum absolute atomic E-state index is 6.26. The normalized spacial score (nSPS) is 14.3. The lowest BCUT2D eigenvalue weighted by molar-refractivity contribution is 0.296. The van der Waals surface area contributed by atoms with Gasteiger partial charge >= 0.3 is 0 Å². The molecule has 1 aliphatic carbocycles. The van der Waals surface area contributed by atoms with Gasteiger partial charge in [-0.05, 0) is 31.4 Å². The zero-order valence-electron chi connectivity index (χ0n) is 16.4. The highest BCUT2D eigenvalue weighted by molar-refractivity contribution is 6.00. The summed E-state index contributed by atoms with van der Waals surface area (Å²) in [4.78, 5) is 13.6. The number of anilines is 1. The van der Waals surface area contributed by atoms with Crippen LogP contribution in [0.3, 0.4) is 0 Å². The Morgan fingerprint density at radius 3 is 2.53 bits per heavy atom. The third-order valence-corrected chi connectivity index (χ3v) is 5.97. The van der Waals surface area contributed by atoms with Gasteiger partial charge in [0.15, 0.2) is 5.65 Å². The largest absolute Gasteiger partial charge is 0.383 e. The predicted molar refractivity (Wildman–Crippen MR) is 119 cm³/mol. The first-order chi connectivity index (χ1) is 14.8. The van der Waals surface area contributed by atoms with Crippen LogP contribution in [-0.4, -0.2) is 24.7 Å². The van der Waals surface area contributed by atoms with Gasteiger partial charge in [-0.15, -0.1) is 0 Å². The van der Waals surface area contributed by atoms with Crippen molar-refractivity contribution in [1.29, 1.82) is 0 Å². The first-order valence-electron chi connectivity index (χ1n) is 10.2. The second-order valence-electron chi connectivity index (χ2n) is 7.81. The molecule has 0 spiro atoms. The fourth-order valence-electron chi connectivity index (χ4n) is 4.12. The molecule has 6 nitrogen and oxygen atoms in total. The highest BCUT2D eigenvalue weighted by Crippen LogP contribution is 2.38. The van der Waals surface area contributed by atoms with Crippen LogP contribution in [0, 0.1) is 0 Å². The molecular formula is C24H20N6. The van der Waals surface area contributed by atoms with Crippen molar-refractivity contribution in [3.05, 3.63) is 67.0 Å². The van der Waals surface area contributed by atoms with E-state index in [1.165, 1.54) is 12.7 Å². The minimum atomic E-state index is 0.388. The monoisotopic (exact) mass is 392 g/mol. The van der Waals surface area contributed by atoms with Gasteiger partial charge in [-0.2, -0.15) is 5.10 Å². The topological polar surface area (TPSA) is 82.5 Å². The zero-order chi connectivity index (χ0) is 20.1. The van der Waals surface area contributed by atoms with E-state index < -0.39 is 0 Å². The molecule has 0 unspecified atom stereocenters. The molecular weight excluding hydrogens is 372 g/mol. The summed E-state index contributed by atoms with van der Waals surface area (Å²) in [6.07, 6.45) is 5.00. The molecule has 1 fully saturated rings. The molecule has 6 rings (SSSR count). The minimum absolute atomic E-state index is 0.388. The van der Waals surface area contributed by atoms with E-state index in [4.69, 9.17) is 15.8 Å². The third kappa shape index (κ3) is 2.64. The molecule has 0 radical (unpaired) electrons. The standard InChI is InChI=1S/C24H20N6/c25-23-21-22(29-30(18-7-4-8-18)24(21)27-14-26-23)17-10-9-16-11-12-19(28-20(16)13-17)15-5-2-1-3-6-15/h1-3,5-6,9-14,18H,4,7-8H2,(H2,25,26,27). The molecule has 0 atom stereocenters. The summed E-state index contributed by atoms with van der Waals surface area (Å²) in [5.41, 5.74) is 11.9. The maximum atomic E-state index is 6.26. The smallest absolute Gasteiger partial charge is 0.164 e. The molecule has 1 aliphatic rings.